The van der Waals surface area contributed by atoms with E-state index in [0.717, 1.165) is 36.7 Å². The van der Waals surface area contributed by atoms with Crippen LogP contribution in [0, 0.1) is 5.92 Å². The van der Waals surface area contributed by atoms with E-state index in [4.69, 9.17) is 0 Å². The van der Waals surface area contributed by atoms with E-state index in [1.807, 2.05) is 0 Å². The zero-order valence-electron chi connectivity index (χ0n) is 31.7. The van der Waals surface area contributed by atoms with E-state index < -0.39 is 0 Å². The molecule has 46 heavy (non-hydrogen) atoms. The van der Waals surface area contributed by atoms with Crippen LogP contribution in [0.4, 0.5) is 0 Å². The number of hydrogen-bond donors (Lipinski definition) is 0. The van der Waals surface area contributed by atoms with Crippen LogP contribution in [0.3, 0.4) is 0 Å². The van der Waals surface area contributed by atoms with E-state index in [-0.39, 0.29) is 29.9 Å². The maximum absolute atomic E-state index is 13.2. The highest BCUT2D eigenvalue weighted by Crippen LogP contribution is 2.19. The van der Waals surface area contributed by atoms with Crippen molar-refractivity contribution in [3.05, 3.63) is 24.3 Å². The molecule has 4 heteroatoms. The Morgan fingerprint density at radius 2 is 0.739 bits per heavy atom. The van der Waals surface area contributed by atoms with Crippen LogP contribution < -0.4 is 12.4 Å². The monoisotopic (exact) mass is 666 g/mol. The number of rotatable bonds is 35. The maximum Gasteiger partial charge on any atom is 0.143 e. The molecule has 0 bridgehead atoms. The van der Waals surface area contributed by atoms with Crippen molar-refractivity contribution in [2.75, 3.05) is 27.7 Å². The lowest BCUT2D eigenvalue weighted by atomic mass is 9.88. The summed E-state index contributed by atoms with van der Waals surface area (Å²) in [7, 11) is 6.46. The summed E-state index contributed by atoms with van der Waals surface area (Å²) in [6.07, 6.45) is 44.1. The van der Waals surface area contributed by atoms with Gasteiger partial charge in [-0.1, -0.05) is 141 Å². The molecule has 0 atom stereocenters. The molecule has 0 fully saturated rings. The van der Waals surface area contributed by atoms with Crippen LogP contribution in [0.15, 0.2) is 24.3 Å². The lowest BCUT2D eigenvalue weighted by molar-refractivity contribution is -0.870. The molecular weight excluding hydrogens is 586 g/mol. The highest BCUT2D eigenvalue weighted by Gasteiger charge is 2.27. The Morgan fingerprint density at radius 3 is 1.04 bits per heavy atom. The summed E-state index contributed by atoms with van der Waals surface area (Å²) in [6.45, 7) is 5.42. The van der Waals surface area contributed by atoms with E-state index >= 15 is 0 Å². The first-order valence-corrected chi connectivity index (χ1v) is 20.0. The van der Waals surface area contributed by atoms with Gasteiger partial charge in [0.25, 0.3) is 0 Å². The maximum atomic E-state index is 13.2. The van der Waals surface area contributed by atoms with Gasteiger partial charge in [0, 0.05) is 19.3 Å². The van der Waals surface area contributed by atoms with Crippen LogP contribution >= 0.6 is 0 Å². The average Bonchev–Trinajstić information content (AvgIpc) is 3.00. The van der Waals surface area contributed by atoms with Gasteiger partial charge in [0.05, 0.1) is 33.6 Å². The van der Waals surface area contributed by atoms with E-state index in [1.54, 1.807) is 0 Å². The molecule has 0 unspecified atom stereocenters. The van der Waals surface area contributed by atoms with Crippen LogP contribution in [-0.2, 0) is 9.59 Å². The summed E-state index contributed by atoms with van der Waals surface area (Å²) < 4.78 is 0.803. The SMILES string of the molecule is CCCCCCCC/C=C\CCCCCCCC(=O)C(CC[N+](C)(C)C)C(=O)CCCCCCC/C=C\CCCCCCCC.[Cl-]. The van der Waals surface area contributed by atoms with Crippen molar-refractivity contribution < 1.29 is 26.5 Å². The highest BCUT2D eigenvalue weighted by atomic mass is 35.5. The average molecular weight is 667 g/mol. The van der Waals surface area contributed by atoms with Gasteiger partial charge in [0.1, 0.15) is 11.6 Å². The molecule has 0 N–H and O–H groups in total. The Labute approximate surface area is 295 Å². The lowest BCUT2D eigenvalue weighted by Crippen LogP contribution is -3.00. The molecule has 0 aromatic heterocycles. The Kier molecular flexibility index (Phi) is 36.3. The van der Waals surface area contributed by atoms with Gasteiger partial charge in [0.15, 0.2) is 0 Å². The number of allylic oxidation sites excluding steroid dienone is 4. The van der Waals surface area contributed by atoms with Crippen LogP contribution in [0.2, 0.25) is 0 Å². The van der Waals surface area contributed by atoms with Gasteiger partial charge < -0.3 is 16.9 Å². The predicted molar refractivity (Wildman–Crippen MR) is 200 cm³/mol. The van der Waals surface area contributed by atoms with Gasteiger partial charge in [0.2, 0.25) is 0 Å². The first-order chi connectivity index (χ1) is 21.8. The number of carbonyl (C=O) groups is 2. The number of hydrogen-bond acceptors (Lipinski definition) is 2. The molecule has 0 aliphatic carbocycles. The van der Waals surface area contributed by atoms with Crippen LogP contribution in [0.5, 0.6) is 0 Å². The molecule has 0 aromatic rings. The largest absolute Gasteiger partial charge is 1.00 e. The highest BCUT2D eigenvalue weighted by molar-refractivity contribution is 6.02. The summed E-state index contributed by atoms with van der Waals surface area (Å²) in [5.74, 6) is 0.0357. The Morgan fingerprint density at radius 1 is 0.457 bits per heavy atom. The number of halogens is 1. The summed E-state index contributed by atoms with van der Waals surface area (Å²) in [4.78, 5) is 26.3. The van der Waals surface area contributed by atoms with Crippen molar-refractivity contribution in [3.8, 4) is 0 Å². The smallest absolute Gasteiger partial charge is 0.143 e. The molecule has 0 amide bonds. The first kappa shape index (κ1) is 47.2. The summed E-state index contributed by atoms with van der Waals surface area (Å²) in [5, 5.41) is 0. The van der Waals surface area contributed by atoms with E-state index in [1.165, 1.54) is 141 Å². The minimum absolute atomic E-state index is 0. The number of nitrogens with zero attached hydrogens (tertiary/aromatic N) is 1. The normalized spacial score (nSPS) is 12.0. The van der Waals surface area contributed by atoms with E-state index in [9.17, 15) is 9.59 Å². The Balaban J connectivity index is 0. The molecule has 0 saturated carbocycles. The third-order valence-electron chi connectivity index (χ3n) is 9.24. The molecular formula is C42H80ClNO2. The van der Waals surface area contributed by atoms with Crippen molar-refractivity contribution in [1.82, 2.24) is 0 Å². The summed E-state index contributed by atoms with van der Waals surface area (Å²) in [6, 6.07) is 0. The van der Waals surface area contributed by atoms with Crippen LogP contribution in [0.25, 0.3) is 0 Å². The van der Waals surface area contributed by atoms with Gasteiger partial charge in [-0.3, -0.25) is 9.59 Å². The molecule has 3 nitrogen and oxygen atoms in total. The molecule has 0 rings (SSSR count). The number of carbonyl (C=O) groups excluding carboxylic acids is 2. The van der Waals surface area contributed by atoms with Gasteiger partial charge in [-0.05, 0) is 64.2 Å². The fraction of sp³-hybridized carbons (Fsp3) is 0.857. The van der Waals surface area contributed by atoms with Crippen molar-refractivity contribution in [1.29, 1.82) is 0 Å². The lowest BCUT2D eigenvalue weighted by Gasteiger charge is -2.26. The number of unbranched alkanes of at least 4 members (excludes halogenated alkanes) is 22. The molecule has 0 radical (unpaired) electrons. The second-order valence-electron chi connectivity index (χ2n) is 15.0. The fourth-order valence-electron chi connectivity index (χ4n) is 6.11. The predicted octanol–water partition coefficient (Wildman–Crippen LogP) is 9.92. The standard InChI is InChI=1S/C42H80NO2.ClH/c1-6-8-10-12-14-16-18-20-22-24-26-28-30-32-34-36-41(44)40(38-39-43(3,4)5)42(45)37-35-33-31-29-27-25-23-21-19-17-15-13-11-9-7-2;/h20-23,40H,6-19,24-39H2,1-5H3;1H/q+1;/p-1/b22-20-,23-21-;. The van der Waals surface area contributed by atoms with Crippen molar-refractivity contribution >= 4 is 11.6 Å². The van der Waals surface area contributed by atoms with Crippen molar-refractivity contribution in [2.45, 2.75) is 200 Å². The second-order valence-corrected chi connectivity index (χ2v) is 15.0. The minimum Gasteiger partial charge on any atom is -1.00 e. The molecule has 0 aliphatic rings. The number of ketones is 2. The second kappa shape index (κ2) is 35.4. The number of quaternary nitrogens is 1. The first-order valence-electron chi connectivity index (χ1n) is 20.0. The fourth-order valence-corrected chi connectivity index (χ4v) is 6.11. The third kappa shape index (κ3) is 34.4. The van der Waals surface area contributed by atoms with Crippen LogP contribution in [-0.4, -0.2) is 43.7 Å². The van der Waals surface area contributed by atoms with E-state index in [0.29, 0.717) is 19.3 Å². The molecule has 0 spiro atoms. The minimum atomic E-state index is -0.379. The third-order valence-corrected chi connectivity index (χ3v) is 9.24. The summed E-state index contributed by atoms with van der Waals surface area (Å²) >= 11 is 0. The summed E-state index contributed by atoms with van der Waals surface area (Å²) in [5.41, 5.74) is 0. The van der Waals surface area contributed by atoms with Gasteiger partial charge >= 0.3 is 0 Å². The molecule has 0 heterocycles. The zero-order valence-corrected chi connectivity index (χ0v) is 32.5. The molecule has 0 aromatic carbocycles. The molecule has 0 aliphatic heterocycles. The molecule has 272 valence electrons. The van der Waals surface area contributed by atoms with Gasteiger partial charge in [-0.15, -0.1) is 0 Å². The molecule has 0 saturated heterocycles. The van der Waals surface area contributed by atoms with Gasteiger partial charge in [-0.2, -0.15) is 0 Å². The van der Waals surface area contributed by atoms with Crippen molar-refractivity contribution in [3.63, 3.8) is 0 Å². The van der Waals surface area contributed by atoms with Crippen molar-refractivity contribution in [2.24, 2.45) is 5.92 Å². The number of Topliss-reactive ketones (excluding diaryl/α,β-unsaturated/α-hetero) is 2. The Bertz CT molecular complexity index is 672. The zero-order chi connectivity index (χ0) is 33.3. The topological polar surface area (TPSA) is 34.1 Å². The van der Waals surface area contributed by atoms with E-state index in [2.05, 4.69) is 59.3 Å². The quantitative estimate of drug-likeness (QED) is 0.0292. The van der Waals surface area contributed by atoms with Gasteiger partial charge in [-0.25, -0.2) is 0 Å². The van der Waals surface area contributed by atoms with Crippen LogP contribution in [0.1, 0.15) is 200 Å². The Hall–Kier alpha value is -0.930.